The van der Waals surface area contributed by atoms with E-state index in [-0.39, 0.29) is 16.9 Å². The highest BCUT2D eigenvalue weighted by Gasteiger charge is 2.24. The topological polar surface area (TPSA) is 77.8 Å². The van der Waals surface area contributed by atoms with Gasteiger partial charge in [-0.3, -0.25) is 14.9 Å². The maximum Gasteiger partial charge on any atom is 0.289 e. The van der Waals surface area contributed by atoms with E-state index in [1.807, 2.05) is 54.6 Å². The van der Waals surface area contributed by atoms with Crippen LogP contribution in [-0.2, 0) is 0 Å². The molecule has 2 heterocycles. The minimum atomic E-state index is -0.299. The van der Waals surface area contributed by atoms with E-state index in [1.165, 1.54) is 6.26 Å². The van der Waals surface area contributed by atoms with E-state index in [0.29, 0.717) is 48.2 Å². The molecule has 0 bridgehead atoms. The van der Waals surface area contributed by atoms with Gasteiger partial charge >= 0.3 is 0 Å². The highest BCUT2D eigenvalue weighted by molar-refractivity contribution is 7.80. The lowest BCUT2D eigenvalue weighted by molar-refractivity contribution is 0.0714. The molecule has 0 atom stereocenters. The van der Waals surface area contributed by atoms with Crippen LogP contribution in [0.3, 0.4) is 0 Å². The summed E-state index contributed by atoms with van der Waals surface area (Å²) in [5, 5.41) is 6.46. The van der Waals surface area contributed by atoms with Crippen LogP contribution in [0, 0.1) is 0 Å². The molecule has 1 aliphatic heterocycles. The lowest BCUT2D eigenvalue weighted by Crippen LogP contribution is -2.48. The molecule has 1 saturated heterocycles. The van der Waals surface area contributed by atoms with Crippen LogP contribution < -0.4 is 15.5 Å². The Labute approximate surface area is 231 Å². The third kappa shape index (κ3) is 5.88. The Morgan fingerprint density at radius 3 is 2.21 bits per heavy atom. The number of rotatable bonds is 5. The minimum absolute atomic E-state index is 0.108. The molecule has 0 unspecified atom stereocenters. The monoisotopic (exact) mass is 544 g/mol. The van der Waals surface area contributed by atoms with Crippen LogP contribution in [0.5, 0.6) is 0 Å². The predicted octanol–water partition coefficient (Wildman–Crippen LogP) is 5.69. The summed E-state index contributed by atoms with van der Waals surface area (Å²) in [7, 11) is 0. The number of nitrogens with zero attached hydrogens (tertiary/aromatic N) is 2. The lowest BCUT2D eigenvalue weighted by atomic mass is 10.0. The summed E-state index contributed by atoms with van der Waals surface area (Å²) in [4.78, 5) is 29.1. The van der Waals surface area contributed by atoms with Gasteiger partial charge in [0.15, 0.2) is 10.9 Å². The van der Waals surface area contributed by atoms with Gasteiger partial charge in [0, 0.05) is 37.4 Å². The van der Waals surface area contributed by atoms with Crippen LogP contribution in [0.2, 0.25) is 5.02 Å². The zero-order valence-electron chi connectivity index (χ0n) is 20.4. The Kier molecular flexibility index (Phi) is 7.72. The van der Waals surface area contributed by atoms with Crippen molar-refractivity contribution in [3.05, 3.63) is 108 Å². The Hall–Kier alpha value is -4.14. The summed E-state index contributed by atoms with van der Waals surface area (Å²) in [6, 6.07) is 26.2. The van der Waals surface area contributed by atoms with E-state index < -0.39 is 0 Å². The largest absolute Gasteiger partial charge is 0.459 e. The molecule has 1 aliphatic rings. The first-order valence-corrected chi connectivity index (χ1v) is 12.9. The fraction of sp³-hybridized carbons (Fsp3) is 0.138. The van der Waals surface area contributed by atoms with Crippen molar-refractivity contribution in [2.45, 2.75) is 0 Å². The summed E-state index contributed by atoms with van der Waals surface area (Å²) in [6.45, 7) is 2.43. The second-order valence-electron chi connectivity index (χ2n) is 8.77. The molecule has 2 N–H and O–H groups in total. The number of benzene rings is 3. The van der Waals surface area contributed by atoms with Crippen molar-refractivity contribution in [3.8, 4) is 11.1 Å². The lowest BCUT2D eigenvalue weighted by Gasteiger charge is -2.36. The zero-order chi connectivity index (χ0) is 26.5. The van der Waals surface area contributed by atoms with Crippen LogP contribution >= 0.6 is 23.8 Å². The number of thiocarbonyl (C=S) groups is 1. The molecule has 0 saturated carbocycles. The van der Waals surface area contributed by atoms with Gasteiger partial charge in [-0.2, -0.15) is 0 Å². The van der Waals surface area contributed by atoms with Crippen molar-refractivity contribution in [1.82, 2.24) is 10.2 Å². The molecule has 1 fully saturated rings. The van der Waals surface area contributed by atoms with Crippen molar-refractivity contribution in [3.63, 3.8) is 0 Å². The molecule has 0 spiro atoms. The van der Waals surface area contributed by atoms with Crippen molar-refractivity contribution < 1.29 is 14.0 Å². The first-order valence-electron chi connectivity index (χ1n) is 12.1. The SMILES string of the molecule is O=C(NC(=S)Nc1ccc(N2CCN(C(=O)c3ccco3)CC2)c(Cl)c1)c1ccc(-c2ccccc2)cc1. The number of hydrogen-bond acceptors (Lipinski definition) is 5. The van der Waals surface area contributed by atoms with E-state index in [1.54, 1.807) is 35.2 Å². The summed E-state index contributed by atoms with van der Waals surface area (Å²) in [5.74, 6) is -0.0612. The van der Waals surface area contributed by atoms with Crippen molar-refractivity contribution in [2.75, 3.05) is 36.4 Å². The quantitative estimate of drug-likeness (QED) is 0.314. The molecule has 3 aromatic carbocycles. The predicted molar refractivity (Wildman–Crippen MR) is 154 cm³/mol. The molecule has 2 amide bonds. The van der Waals surface area contributed by atoms with Gasteiger partial charge in [-0.25, -0.2) is 0 Å². The number of carbonyl (C=O) groups excluding carboxylic acids is 2. The highest BCUT2D eigenvalue weighted by Crippen LogP contribution is 2.30. The molecular formula is C29H25ClN4O3S. The summed E-state index contributed by atoms with van der Waals surface area (Å²) in [6.07, 6.45) is 1.50. The van der Waals surface area contributed by atoms with Gasteiger partial charge in [0.2, 0.25) is 0 Å². The highest BCUT2D eigenvalue weighted by atomic mass is 35.5. The van der Waals surface area contributed by atoms with E-state index in [0.717, 1.165) is 16.8 Å². The maximum atomic E-state index is 12.7. The number of carbonyl (C=O) groups is 2. The molecule has 7 nitrogen and oxygen atoms in total. The fourth-order valence-electron chi connectivity index (χ4n) is 4.33. The number of hydrogen-bond donors (Lipinski definition) is 2. The average molecular weight is 545 g/mol. The van der Waals surface area contributed by atoms with E-state index >= 15 is 0 Å². The fourth-order valence-corrected chi connectivity index (χ4v) is 4.84. The van der Waals surface area contributed by atoms with Crippen molar-refractivity contribution in [2.24, 2.45) is 0 Å². The molecule has 5 rings (SSSR count). The van der Waals surface area contributed by atoms with Crippen LogP contribution in [-0.4, -0.2) is 48.0 Å². The Bertz CT molecular complexity index is 1430. The maximum absolute atomic E-state index is 12.7. The number of nitrogens with one attached hydrogen (secondary N) is 2. The standard InChI is InChI=1S/C29H25ClN4O3S/c30-24-19-23(12-13-25(24)33-14-16-34(17-15-33)28(36)26-7-4-18-37-26)31-29(38)32-27(35)22-10-8-21(9-11-22)20-5-2-1-3-6-20/h1-13,18-19H,14-17H2,(H2,31,32,35,38). The number of amides is 2. The summed E-state index contributed by atoms with van der Waals surface area (Å²) < 4.78 is 5.22. The van der Waals surface area contributed by atoms with E-state index in [9.17, 15) is 9.59 Å². The molecular weight excluding hydrogens is 520 g/mol. The van der Waals surface area contributed by atoms with Gasteiger partial charge < -0.3 is 19.5 Å². The Morgan fingerprint density at radius 1 is 0.842 bits per heavy atom. The third-order valence-electron chi connectivity index (χ3n) is 6.33. The van der Waals surface area contributed by atoms with Crippen LogP contribution in [0.1, 0.15) is 20.9 Å². The number of halogens is 1. The van der Waals surface area contributed by atoms with Gasteiger partial charge in [-0.1, -0.05) is 54.1 Å². The number of piperazine rings is 1. The van der Waals surface area contributed by atoms with E-state index in [2.05, 4.69) is 15.5 Å². The molecule has 9 heteroatoms. The van der Waals surface area contributed by atoms with Crippen LogP contribution in [0.4, 0.5) is 11.4 Å². The van der Waals surface area contributed by atoms with Crippen molar-refractivity contribution in [1.29, 1.82) is 0 Å². The average Bonchev–Trinajstić information content (AvgIpc) is 3.49. The van der Waals surface area contributed by atoms with Gasteiger partial charge in [0.25, 0.3) is 11.8 Å². The summed E-state index contributed by atoms with van der Waals surface area (Å²) in [5.41, 5.74) is 4.15. The molecule has 0 radical (unpaired) electrons. The molecule has 38 heavy (non-hydrogen) atoms. The number of furan rings is 1. The van der Waals surface area contributed by atoms with Gasteiger partial charge in [-0.05, 0) is 65.8 Å². The van der Waals surface area contributed by atoms with Crippen LogP contribution in [0.15, 0.2) is 95.6 Å². The smallest absolute Gasteiger partial charge is 0.289 e. The second-order valence-corrected chi connectivity index (χ2v) is 9.59. The molecule has 0 aliphatic carbocycles. The Morgan fingerprint density at radius 2 is 1.55 bits per heavy atom. The normalized spacial score (nSPS) is 13.2. The summed E-state index contributed by atoms with van der Waals surface area (Å²) >= 11 is 11.9. The van der Waals surface area contributed by atoms with Gasteiger partial charge in [-0.15, -0.1) is 0 Å². The molecule has 192 valence electrons. The number of anilines is 2. The van der Waals surface area contributed by atoms with Gasteiger partial charge in [0.1, 0.15) is 0 Å². The molecule has 4 aromatic rings. The molecule has 1 aromatic heterocycles. The Balaban J connectivity index is 1.14. The third-order valence-corrected chi connectivity index (χ3v) is 6.83. The van der Waals surface area contributed by atoms with E-state index in [4.69, 9.17) is 28.2 Å². The van der Waals surface area contributed by atoms with Crippen molar-refractivity contribution >= 4 is 52.1 Å². The first-order chi connectivity index (χ1) is 18.5. The van der Waals surface area contributed by atoms with Crippen LogP contribution in [0.25, 0.3) is 11.1 Å². The van der Waals surface area contributed by atoms with Gasteiger partial charge in [0.05, 0.1) is 17.0 Å². The minimum Gasteiger partial charge on any atom is -0.459 e. The first kappa shape index (κ1) is 25.5. The second kappa shape index (κ2) is 11.5. The zero-order valence-corrected chi connectivity index (χ0v) is 22.0.